The summed E-state index contributed by atoms with van der Waals surface area (Å²) in [6.45, 7) is 10.7. The van der Waals surface area contributed by atoms with Crippen molar-refractivity contribution in [2.45, 2.75) is 45.1 Å². The first-order chi connectivity index (χ1) is 17.7. The van der Waals surface area contributed by atoms with Crippen LogP contribution in [0.5, 0.6) is 0 Å². The molecule has 1 aliphatic heterocycles. The third-order valence-electron chi connectivity index (χ3n) is 7.37. The number of halogens is 2. The lowest BCUT2D eigenvalue weighted by Gasteiger charge is -2.43. The number of hydrogen-bond acceptors (Lipinski definition) is 7. The Hall–Kier alpha value is -3.66. The van der Waals surface area contributed by atoms with Gasteiger partial charge in [-0.1, -0.05) is 56.3 Å². The summed E-state index contributed by atoms with van der Waals surface area (Å²) in [5.41, 5.74) is 1.27. The van der Waals surface area contributed by atoms with E-state index in [9.17, 15) is 8.78 Å². The second-order valence-electron chi connectivity index (χ2n) is 10.2. The van der Waals surface area contributed by atoms with Crippen LogP contribution in [0.4, 0.5) is 20.7 Å². The molecule has 37 heavy (non-hydrogen) atoms. The molecule has 1 N–H and O–H groups in total. The van der Waals surface area contributed by atoms with Crippen LogP contribution in [0.1, 0.15) is 45.5 Å². The van der Waals surface area contributed by atoms with Gasteiger partial charge in [0.2, 0.25) is 17.8 Å². The number of rotatable bonds is 7. The Morgan fingerprint density at radius 2 is 1.49 bits per heavy atom. The summed E-state index contributed by atoms with van der Waals surface area (Å²) in [5, 5.41) is 3.49. The summed E-state index contributed by atoms with van der Waals surface area (Å²) in [6, 6.07) is 17.2. The molecule has 0 spiro atoms. The molecule has 2 aromatic heterocycles. The number of alkyl halides is 2. The van der Waals surface area contributed by atoms with E-state index in [-0.39, 0.29) is 11.4 Å². The Labute approximate surface area is 214 Å². The van der Waals surface area contributed by atoms with Crippen molar-refractivity contribution in [3.63, 3.8) is 0 Å². The second kappa shape index (κ2) is 9.66. The molecule has 3 heterocycles. The quantitative estimate of drug-likeness (QED) is 0.370. The highest BCUT2D eigenvalue weighted by molar-refractivity contribution is 5.77. The molecule has 2 aromatic carbocycles. The minimum Gasteiger partial charge on any atom is -0.378 e. The van der Waals surface area contributed by atoms with Crippen LogP contribution in [0, 0.1) is 0 Å². The minimum atomic E-state index is -2.80. The first kappa shape index (κ1) is 25.0. The van der Waals surface area contributed by atoms with Gasteiger partial charge in [0.1, 0.15) is 0 Å². The van der Waals surface area contributed by atoms with Gasteiger partial charge in [-0.3, -0.25) is 4.57 Å². The van der Waals surface area contributed by atoms with Crippen LogP contribution < -0.4 is 10.2 Å². The van der Waals surface area contributed by atoms with Gasteiger partial charge in [-0.05, 0) is 31.5 Å². The van der Waals surface area contributed by atoms with Crippen molar-refractivity contribution in [1.29, 1.82) is 0 Å². The molecule has 0 radical (unpaired) electrons. The van der Waals surface area contributed by atoms with Crippen LogP contribution in [0.15, 0.2) is 54.6 Å². The molecular formula is C27H31F2N7O. The number of imidazole rings is 1. The van der Waals surface area contributed by atoms with Crippen molar-refractivity contribution in [3.8, 4) is 5.95 Å². The first-order valence-corrected chi connectivity index (χ1v) is 12.4. The average molecular weight is 508 g/mol. The number of nitrogens with one attached hydrogen (secondary N) is 1. The lowest BCUT2D eigenvalue weighted by molar-refractivity contribution is 0.122. The highest BCUT2D eigenvalue weighted by atomic mass is 19.3. The summed E-state index contributed by atoms with van der Waals surface area (Å²) in [6.07, 6.45) is -2.80. The zero-order valence-corrected chi connectivity index (χ0v) is 21.4. The molecular weight excluding hydrogens is 476 g/mol. The lowest BCUT2D eigenvalue weighted by atomic mass is 9.70. The van der Waals surface area contributed by atoms with Gasteiger partial charge in [-0.2, -0.15) is 15.0 Å². The highest BCUT2D eigenvalue weighted by Crippen LogP contribution is 2.37. The third kappa shape index (κ3) is 4.73. The molecule has 10 heteroatoms. The van der Waals surface area contributed by atoms with E-state index in [1.165, 1.54) is 4.57 Å². The van der Waals surface area contributed by atoms with Crippen LogP contribution in [-0.4, -0.2) is 56.3 Å². The van der Waals surface area contributed by atoms with E-state index in [4.69, 9.17) is 9.72 Å². The van der Waals surface area contributed by atoms with Crippen molar-refractivity contribution in [2.75, 3.05) is 36.5 Å². The SMILES string of the molecule is CC(C)(Nc1nc(N2CCOCC2)nc(-n2c(C(F)F)nc3ccccc32)n1)C(C)(C)c1ccccc1. The number of hydrogen-bond donors (Lipinski definition) is 1. The van der Waals surface area contributed by atoms with Crippen molar-refractivity contribution < 1.29 is 13.5 Å². The lowest BCUT2D eigenvalue weighted by Crippen LogP contribution is -2.49. The van der Waals surface area contributed by atoms with E-state index in [1.807, 2.05) is 23.1 Å². The predicted octanol–water partition coefficient (Wildman–Crippen LogP) is 5.15. The molecule has 0 saturated carbocycles. The van der Waals surface area contributed by atoms with Gasteiger partial charge in [0.15, 0.2) is 5.82 Å². The summed E-state index contributed by atoms with van der Waals surface area (Å²) < 4.78 is 35.1. The molecule has 0 atom stereocenters. The van der Waals surface area contributed by atoms with Crippen molar-refractivity contribution in [2.24, 2.45) is 0 Å². The predicted molar refractivity (Wildman–Crippen MR) is 140 cm³/mol. The van der Waals surface area contributed by atoms with Gasteiger partial charge in [-0.25, -0.2) is 13.8 Å². The van der Waals surface area contributed by atoms with Crippen LogP contribution in [0.3, 0.4) is 0 Å². The fourth-order valence-electron chi connectivity index (χ4n) is 4.47. The Balaban J connectivity index is 1.63. The van der Waals surface area contributed by atoms with Crippen molar-refractivity contribution in [3.05, 3.63) is 66.0 Å². The molecule has 1 fully saturated rings. The highest BCUT2D eigenvalue weighted by Gasteiger charge is 2.39. The fourth-order valence-corrected chi connectivity index (χ4v) is 4.47. The maximum Gasteiger partial charge on any atom is 0.296 e. The van der Waals surface area contributed by atoms with Gasteiger partial charge in [-0.15, -0.1) is 0 Å². The van der Waals surface area contributed by atoms with E-state index in [1.54, 1.807) is 24.3 Å². The summed E-state index contributed by atoms with van der Waals surface area (Å²) in [5.74, 6) is 0.395. The van der Waals surface area contributed by atoms with E-state index >= 15 is 0 Å². The van der Waals surface area contributed by atoms with Crippen LogP contribution in [0.25, 0.3) is 17.0 Å². The van der Waals surface area contributed by atoms with Gasteiger partial charge in [0.25, 0.3) is 6.43 Å². The number of nitrogens with zero attached hydrogens (tertiary/aromatic N) is 6. The number of benzene rings is 2. The largest absolute Gasteiger partial charge is 0.378 e. The molecule has 1 saturated heterocycles. The molecule has 5 rings (SSSR count). The molecule has 4 aromatic rings. The standard InChI is InChI=1S/C27H31F2N7O/c1-26(2,18-10-6-5-7-11-18)27(3,4)34-23-31-24(35-14-16-37-17-15-35)33-25(32-23)36-20-13-9-8-12-19(20)30-22(36)21(28)29/h5-13,21H,14-17H2,1-4H3,(H,31,32,33,34). The molecule has 194 valence electrons. The third-order valence-corrected chi connectivity index (χ3v) is 7.37. The first-order valence-electron chi connectivity index (χ1n) is 12.4. The number of morpholine rings is 1. The minimum absolute atomic E-state index is 0.0938. The maximum atomic E-state index is 14.1. The van der Waals surface area contributed by atoms with Gasteiger partial charge < -0.3 is 15.0 Å². The molecule has 0 unspecified atom stereocenters. The zero-order chi connectivity index (χ0) is 26.2. The van der Waals surface area contributed by atoms with Crippen molar-refractivity contribution in [1.82, 2.24) is 24.5 Å². The number of aromatic nitrogens is 5. The van der Waals surface area contributed by atoms with E-state index in [0.717, 1.165) is 5.56 Å². The molecule has 8 nitrogen and oxygen atoms in total. The number of ether oxygens (including phenoxy) is 1. The number of para-hydroxylation sites is 2. The monoisotopic (exact) mass is 507 g/mol. The van der Waals surface area contributed by atoms with Gasteiger partial charge in [0.05, 0.1) is 24.2 Å². The summed E-state index contributed by atoms with van der Waals surface area (Å²) in [7, 11) is 0. The van der Waals surface area contributed by atoms with Gasteiger partial charge >= 0.3 is 0 Å². The van der Waals surface area contributed by atoms with E-state index in [0.29, 0.717) is 49.2 Å². The molecule has 0 aliphatic carbocycles. The van der Waals surface area contributed by atoms with Crippen LogP contribution in [-0.2, 0) is 10.2 Å². The Kier molecular flexibility index (Phi) is 6.53. The molecule has 1 aliphatic rings. The topological polar surface area (TPSA) is 81.0 Å². The summed E-state index contributed by atoms with van der Waals surface area (Å²) in [4.78, 5) is 20.2. The normalized spacial score (nSPS) is 14.9. The van der Waals surface area contributed by atoms with Crippen LogP contribution >= 0.6 is 0 Å². The van der Waals surface area contributed by atoms with E-state index in [2.05, 4.69) is 60.1 Å². The zero-order valence-electron chi connectivity index (χ0n) is 21.4. The fraction of sp³-hybridized carbons (Fsp3) is 0.407. The maximum absolute atomic E-state index is 14.1. The van der Waals surface area contributed by atoms with Gasteiger partial charge in [0, 0.05) is 24.0 Å². The smallest absolute Gasteiger partial charge is 0.296 e. The average Bonchev–Trinajstić information content (AvgIpc) is 3.29. The number of anilines is 2. The molecule has 0 amide bonds. The Bertz CT molecular complexity index is 1380. The second-order valence-corrected chi connectivity index (χ2v) is 10.2. The summed E-state index contributed by atoms with van der Waals surface area (Å²) >= 11 is 0. The van der Waals surface area contributed by atoms with Crippen LogP contribution in [0.2, 0.25) is 0 Å². The Morgan fingerprint density at radius 3 is 2.19 bits per heavy atom. The van der Waals surface area contributed by atoms with E-state index < -0.39 is 17.8 Å². The van der Waals surface area contributed by atoms with Crippen molar-refractivity contribution >= 4 is 22.9 Å². The number of fused-ring (bicyclic) bond motifs is 1. The molecule has 0 bridgehead atoms. The Morgan fingerprint density at radius 1 is 0.838 bits per heavy atom.